The number of carbonyl (C=O) groups is 2. The number of hydrogen-bond donors (Lipinski definition) is 3. The zero-order valence-electron chi connectivity index (χ0n) is 9.10. The van der Waals surface area contributed by atoms with Crippen molar-refractivity contribution in [1.82, 2.24) is 20.2 Å². The minimum absolute atomic E-state index is 0.252. The lowest BCUT2D eigenvalue weighted by Crippen LogP contribution is -2.44. The Balaban J connectivity index is 2.36. The van der Waals surface area contributed by atoms with Crippen molar-refractivity contribution in [1.29, 1.82) is 0 Å². The van der Waals surface area contributed by atoms with Crippen LogP contribution in [0.5, 0.6) is 0 Å². The number of hydrogen-bond acceptors (Lipinski definition) is 3. The lowest BCUT2D eigenvalue weighted by atomic mass is 10.3. The summed E-state index contributed by atoms with van der Waals surface area (Å²) in [6, 6.07) is -1.45. The smallest absolute Gasteiger partial charge is 0.325 e. The largest absolute Gasteiger partial charge is 0.480 e. The Morgan fingerprint density at radius 2 is 2.31 bits per heavy atom. The number of carbonyl (C=O) groups excluding carboxylic acids is 1. The molecule has 0 aliphatic heterocycles. The highest BCUT2D eigenvalue weighted by molar-refractivity contribution is 5.81. The Morgan fingerprint density at radius 3 is 2.81 bits per heavy atom. The monoisotopic (exact) mass is 226 g/mol. The second kappa shape index (κ2) is 5.15. The van der Waals surface area contributed by atoms with E-state index in [-0.39, 0.29) is 6.54 Å². The molecule has 0 radical (unpaired) electrons. The molecule has 0 saturated carbocycles. The molecule has 2 amide bonds. The van der Waals surface area contributed by atoms with Gasteiger partial charge < -0.3 is 20.3 Å². The predicted molar refractivity (Wildman–Crippen MR) is 55.7 cm³/mol. The molecule has 0 bridgehead atoms. The Bertz CT molecular complexity index is 388. The zero-order valence-corrected chi connectivity index (χ0v) is 9.10. The van der Waals surface area contributed by atoms with Crippen molar-refractivity contribution in [2.75, 3.05) is 0 Å². The molecule has 1 aromatic rings. The van der Waals surface area contributed by atoms with Crippen LogP contribution in [-0.2, 0) is 18.4 Å². The number of aromatic nitrogens is 2. The number of aryl methyl sites for hydroxylation is 1. The number of rotatable bonds is 4. The molecule has 1 aromatic heterocycles. The van der Waals surface area contributed by atoms with Crippen molar-refractivity contribution < 1.29 is 14.7 Å². The van der Waals surface area contributed by atoms with E-state index in [1.807, 2.05) is 7.05 Å². The van der Waals surface area contributed by atoms with E-state index in [0.29, 0.717) is 5.82 Å². The van der Waals surface area contributed by atoms with Gasteiger partial charge in [0.1, 0.15) is 11.9 Å². The third-order valence-corrected chi connectivity index (χ3v) is 2.05. The van der Waals surface area contributed by atoms with Gasteiger partial charge in [-0.1, -0.05) is 0 Å². The quantitative estimate of drug-likeness (QED) is 0.656. The summed E-state index contributed by atoms with van der Waals surface area (Å²) < 4.78 is 1.76. The molecular weight excluding hydrogens is 212 g/mol. The number of amides is 2. The first kappa shape index (κ1) is 12.0. The van der Waals surface area contributed by atoms with E-state index in [4.69, 9.17) is 5.11 Å². The van der Waals surface area contributed by atoms with E-state index in [2.05, 4.69) is 15.6 Å². The molecule has 0 fully saturated rings. The SMILES string of the molecule is C[C@H](NC(=O)NCc1nccn1C)C(=O)O. The molecule has 1 atom stereocenters. The molecule has 3 N–H and O–H groups in total. The van der Waals surface area contributed by atoms with Crippen LogP contribution in [0.3, 0.4) is 0 Å². The molecule has 0 aliphatic rings. The molecule has 0 spiro atoms. The van der Waals surface area contributed by atoms with Crippen LogP contribution in [0, 0.1) is 0 Å². The van der Waals surface area contributed by atoms with Gasteiger partial charge in [0.15, 0.2) is 0 Å². The van der Waals surface area contributed by atoms with Gasteiger partial charge in [-0.05, 0) is 6.92 Å². The van der Waals surface area contributed by atoms with Gasteiger partial charge in [0, 0.05) is 19.4 Å². The maximum absolute atomic E-state index is 11.2. The zero-order chi connectivity index (χ0) is 12.1. The molecule has 0 unspecified atom stereocenters. The van der Waals surface area contributed by atoms with Gasteiger partial charge in [0.05, 0.1) is 6.54 Å². The molecular formula is C9H14N4O3. The number of urea groups is 1. The van der Waals surface area contributed by atoms with E-state index < -0.39 is 18.0 Å². The summed E-state index contributed by atoms with van der Waals surface area (Å²) in [4.78, 5) is 25.7. The van der Waals surface area contributed by atoms with E-state index in [1.54, 1.807) is 17.0 Å². The Morgan fingerprint density at radius 1 is 1.62 bits per heavy atom. The maximum atomic E-state index is 11.2. The maximum Gasteiger partial charge on any atom is 0.325 e. The molecule has 1 heterocycles. The summed E-state index contributed by atoms with van der Waals surface area (Å²) in [5, 5.41) is 13.4. The van der Waals surface area contributed by atoms with Crippen LogP contribution in [0.2, 0.25) is 0 Å². The average Bonchev–Trinajstić information content (AvgIpc) is 2.61. The van der Waals surface area contributed by atoms with Crippen molar-refractivity contribution in [3.63, 3.8) is 0 Å². The van der Waals surface area contributed by atoms with Crippen LogP contribution in [0.1, 0.15) is 12.7 Å². The Hall–Kier alpha value is -2.05. The highest BCUT2D eigenvalue weighted by atomic mass is 16.4. The highest BCUT2D eigenvalue weighted by Gasteiger charge is 2.13. The molecule has 7 heteroatoms. The van der Waals surface area contributed by atoms with Crippen molar-refractivity contribution in [3.05, 3.63) is 18.2 Å². The molecule has 0 saturated heterocycles. The highest BCUT2D eigenvalue weighted by Crippen LogP contribution is 1.92. The molecule has 0 aromatic carbocycles. The number of nitrogens with one attached hydrogen (secondary N) is 2. The molecule has 0 aliphatic carbocycles. The normalized spacial score (nSPS) is 11.9. The number of imidazole rings is 1. The topological polar surface area (TPSA) is 96.3 Å². The molecule has 1 rings (SSSR count). The van der Waals surface area contributed by atoms with Crippen LogP contribution >= 0.6 is 0 Å². The Labute approximate surface area is 92.5 Å². The lowest BCUT2D eigenvalue weighted by Gasteiger charge is -2.10. The molecule has 88 valence electrons. The molecule has 16 heavy (non-hydrogen) atoms. The summed E-state index contributed by atoms with van der Waals surface area (Å²) in [6.45, 7) is 1.64. The van der Waals surface area contributed by atoms with E-state index >= 15 is 0 Å². The third kappa shape index (κ3) is 3.26. The van der Waals surface area contributed by atoms with E-state index in [9.17, 15) is 9.59 Å². The van der Waals surface area contributed by atoms with Crippen LogP contribution in [0.25, 0.3) is 0 Å². The molecule has 7 nitrogen and oxygen atoms in total. The van der Waals surface area contributed by atoms with Gasteiger partial charge >= 0.3 is 12.0 Å². The summed E-state index contributed by atoms with van der Waals surface area (Å²) >= 11 is 0. The third-order valence-electron chi connectivity index (χ3n) is 2.05. The fourth-order valence-electron chi connectivity index (χ4n) is 1.04. The van der Waals surface area contributed by atoms with Gasteiger partial charge in [-0.25, -0.2) is 9.78 Å². The van der Waals surface area contributed by atoms with Gasteiger partial charge in [-0.3, -0.25) is 4.79 Å². The summed E-state index contributed by atoms with van der Waals surface area (Å²) in [5.41, 5.74) is 0. The number of aliphatic carboxylic acids is 1. The van der Waals surface area contributed by atoms with Gasteiger partial charge in [-0.2, -0.15) is 0 Å². The summed E-state index contributed by atoms with van der Waals surface area (Å²) in [7, 11) is 1.81. The van der Waals surface area contributed by atoms with Crippen molar-refractivity contribution in [2.24, 2.45) is 7.05 Å². The van der Waals surface area contributed by atoms with Crippen molar-refractivity contribution in [3.8, 4) is 0 Å². The number of carboxylic acid groups (broad SMARTS) is 1. The minimum atomic E-state index is -1.08. The van der Waals surface area contributed by atoms with E-state index in [1.165, 1.54) is 6.92 Å². The van der Waals surface area contributed by atoms with Crippen molar-refractivity contribution in [2.45, 2.75) is 19.5 Å². The first-order valence-corrected chi connectivity index (χ1v) is 4.74. The number of nitrogens with zero attached hydrogens (tertiary/aromatic N) is 2. The first-order valence-electron chi connectivity index (χ1n) is 4.74. The van der Waals surface area contributed by atoms with Crippen LogP contribution in [-0.4, -0.2) is 32.7 Å². The van der Waals surface area contributed by atoms with Crippen LogP contribution < -0.4 is 10.6 Å². The second-order valence-electron chi connectivity index (χ2n) is 3.34. The van der Waals surface area contributed by atoms with Gasteiger partial charge in [0.2, 0.25) is 0 Å². The lowest BCUT2D eigenvalue weighted by molar-refractivity contribution is -0.138. The number of carboxylic acids is 1. The second-order valence-corrected chi connectivity index (χ2v) is 3.34. The summed E-state index contributed by atoms with van der Waals surface area (Å²) in [6.07, 6.45) is 3.38. The predicted octanol–water partition coefficient (Wildman–Crippen LogP) is -0.308. The fourth-order valence-corrected chi connectivity index (χ4v) is 1.04. The Kier molecular flexibility index (Phi) is 3.87. The van der Waals surface area contributed by atoms with Crippen LogP contribution in [0.15, 0.2) is 12.4 Å². The average molecular weight is 226 g/mol. The van der Waals surface area contributed by atoms with Gasteiger partial charge in [-0.15, -0.1) is 0 Å². The summed E-state index contributed by atoms with van der Waals surface area (Å²) in [5.74, 6) is -0.384. The minimum Gasteiger partial charge on any atom is -0.480 e. The van der Waals surface area contributed by atoms with E-state index in [0.717, 1.165) is 0 Å². The van der Waals surface area contributed by atoms with Gasteiger partial charge in [0.25, 0.3) is 0 Å². The van der Waals surface area contributed by atoms with Crippen molar-refractivity contribution >= 4 is 12.0 Å². The van der Waals surface area contributed by atoms with Crippen LogP contribution in [0.4, 0.5) is 4.79 Å². The first-order chi connectivity index (χ1) is 7.50. The fraction of sp³-hybridized carbons (Fsp3) is 0.444. The standard InChI is InChI=1S/C9H14N4O3/c1-6(8(14)15)12-9(16)11-5-7-10-3-4-13(7)2/h3-4,6H,5H2,1-2H3,(H,14,15)(H2,11,12,16)/t6-/m0/s1.